The summed E-state index contributed by atoms with van der Waals surface area (Å²) in [4.78, 5) is 38.1. The van der Waals surface area contributed by atoms with Crippen LogP contribution in [0.3, 0.4) is 0 Å². The van der Waals surface area contributed by atoms with Crippen molar-refractivity contribution in [3.05, 3.63) is 122 Å². The summed E-state index contributed by atoms with van der Waals surface area (Å²) in [5.41, 5.74) is 0. The fourth-order valence-corrected chi connectivity index (χ4v) is 7.44. The Morgan fingerprint density at radius 2 is 0.557 bits per heavy atom. The minimum atomic E-state index is -0.811. The first-order valence-electron chi connectivity index (χ1n) is 28.5. The molecule has 0 radical (unpaired) electrons. The van der Waals surface area contributed by atoms with Gasteiger partial charge < -0.3 is 14.2 Å². The first-order chi connectivity index (χ1) is 34.5. The fraction of sp³-hybridized carbons (Fsp3) is 0.641. The molecule has 0 rings (SSSR count). The van der Waals surface area contributed by atoms with Gasteiger partial charge in [-0.05, 0) is 122 Å². The molecule has 0 N–H and O–H groups in total. The van der Waals surface area contributed by atoms with E-state index >= 15 is 0 Å². The van der Waals surface area contributed by atoms with Crippen LogP contribution < -0.4 is 0 Å². The lowest BCUT2D eigenvalue weighted by atomic mass is 10.1. The molecule has 0 amide bonds. The molecule has 0 aromatic carbocycles. The van der Waals surface area contributed by atoms with Gasteiger partial charge in [-0.1, -0.05) is 226 Å². The fourth-order valence-electron chi connectivity index (χ4n) is 7.44. The Labute approximate surface area is 431 Å². The zero-order valence-corrected chi connectivity index (χ0v) is 45.2. The Morgan fingerprint density at radius 1 is 0.300 bits per heavy atom. The summed E-state index contributed by atoms with van der Waals surface area (Å²) in [6.07, 6.45) is 79.0. The average Bonchev–Trinajstić information content (AvgIpc) is 3.36. The molecule has 0 saturated carbocycles. The highest BCUT2D eigenvalue weighted by Gasteiger charge is 2.19. The molecule has 0 aromatic rings. The molecule has 0 bridgehead atoms. The molecule has 0 fully saturated rings. The van der Waals surface area contributed by atoms with E-state index in [4.69, 9.17) is 14.2 Å². The second-order valence-electron chi connectivity index (χ2n) is 18.4. The summed E-state index contributed by atoms with van der Waals surface area (Å²) in [7, 11) is 0. The summed E-state index contributed by atoms with van der Waals surface area (Å²) in [6.45, 7) is 6.32. The smallest absolute Gasteiger partial charge is 0.306 e. The number of allylic oxidation sites excluding steroid dienone is 20. The van der Waals surface area contributed by atoms with E-state index < -0.39 is 6.10 Å². The average molecular weight is 970 g/mol. The van der Waals surface area contributed by atoms with Gasteiger partial charge in [-0.3, -0.25) is 14.4 Å². The van der Waals surface area contributed by atoms with E-state index in [1.165, 1.54) is 70.6 Å². The van der Waals surface area contributed by atoms with Gasteiger partial charge in [-0.2, -0.15) is 0 Å². The van der Waals surface area contributed by atoms with Gasteiger partial charge in [0.25, 0.3) is 0 Å². The molecule has 70 heavy (non-hydrogen) atoms. The molecule has 0 aromatic heterocycles. The van der Waals surface area contributed by atoms with Crippen molar-refractivity contribution < 1.29 is 28.6 Å². The van der Waals surface area contributed by atoms with Crippen LogP contribution in [0.2, 0.25) is 0 Å². The van der Waals surface area contributed by atoms with E-state index in [-0.39, 0.29) is 37.5 Å². The number of hydrogen-bond donors (Lipinski definition) is 0. The lowest BCUT2D eigenvalue weighted by Crippen LogP contribution is -2.30. The van der Waals surface area contributed by atoms with Crippen molar-refractivity contribution in [1.29, 1.82) is 0 Å². The van der Waals surface area contributed by atoms with Gasteiger partial charge >= 0.3 is 17.9 Å². The number of rotatable bonds is 50. The quantitative estimate of drug-likeness (QED) is 0.0262. The van der Waals surface area contributed by atoms with Gasteiger partial charge in [0.2, 0.25) is 0 Å². The van der Waals surface area contributed by atoms with Crippen molar-refractivity contribution in [2.24, 2.45) is 0 Å². The summed E-state index contributed by atoms with van der Waals surface area (Å²) in [5.74, 6) is -0.967. The van der Waals surface area contributed by atoms with E-state index in [2.05, 4.69) is 142 Å². The molecule has 0 saturated heterocycles. The number of hydrogen-bond acceptors (Lipinski definition) is 6. The van der Waals surface area contributed by atoms with Crippen molar-refractivity contribution >= 4 is 17.9 Å². The summed E-state index contributed by atoms with van der Waals surface area (Å²) < 4.78 is 16.8. The second-order valence-corrected chi connectivity index (χ2v) is 18.4. The van der Waals surface area contributed by atoms with Crippen molar-refractivity contribution in [2.45, 2.75) is 252 Å². The zero-order chi connectivity index (χ0) is 50.7. The van der Waals surface area contributed by atoms with Crippen molar-refractivity contribution in [3.63, 3.8) is 0 Å². The van der Waals surface area contributed by atoms with Crippen LogP contribution in [0.1, 0.15) is 245 Å². The van der Waals surface area contributed by atoms with E-state index in [1.807, 2.05) is 0 Å². The van der Waals surface area contributed by atoms with Gasteiger partial charge in [0.1, 0.15) is 13.2 Å². The number of unbranched alkanes of at least 4 members (excludes halogenated alkanes) is 19. The predicted molar refractivity (Wildman–Crippen MR) is 302 cm³/mol. The van der Waals surface area contributed by atoms with Crippen LogP contribution in [0, 0.1) is 0 Å². The number of carbonyl (C=O) groups is 3. The summed E-state index contributed by atoms with van der Waals surface area (Å²) >= 11 is 0. The van der Waals surface area contributed by atoms with E-state index in [9.17, 15) is 14.4 Å². The molecular formula is C64H104O6. The molecule has 0 aliphatic rings. The van der Waals surface area contributed by atoms with Crippen molar-refractivity contribution in [2.75, 3.05) is 13.2 Å². The SMILES string of the molecule is CC/C=C\C/C=C\C/C=C\C/C=C\CCCCCCCCCCCCC(=O)OCC(COC(=O)CCCCCCC/C=C\C/C=C\CCCC)OC(=O)CCCC/C=C\C/C=C\C/C=C\C/C=C\CC. The van der Waals surface area contributed by atoms with Crippen LogP contribution in [0.15, 0.2) is 122 Å². The van der Waals surface area contributed by atoms with Crippen LogP contribution in [-0.4, -0.2) is 37.2 Å². The Bertz CT molecular complexity index is 1490. The highest BCUT2D eigenvalue weighted by atomic mass is 16.6. The molecule has 6 heteroatoms. The first-order valence-corrected chi connectivity index (χ1v) is 28.5. The molecule has 1 unspecified atom stereocenters. The van der Waals surface area contributed by atoms with Crippen LogP contribution in [0.5, 0.6) is 0 Å². The molecule has 396 valence electrons. The van der Waals surface area contributed by atoms with Crippen LogP contribution >= 0.6 is 0 Å². The van der Waals surface area contributed by atoms with E-state index in [0.717, 1.165) is 128 Å². The standard InChI is InChI=1S/C64H104O6/c1-4-7-10-13-16-19-22-25-28-29-30-31-32-33-34-35-37-39-42-45-48-51-54-57-63(66)69-60-61(59-68-62(65)56-53-50-47-44-41-38-27-24-21-18-15-12-9-6-3)70-64(67)58-55-52-49-46-43-40-36-26-23-20-17-14-11-8-5-2/h7-8,10-11,15-20,24-28,30-31,36,43,46,61H,4-6,9,12-14,21-23,29,32-35,37-42,44-45,47-60H2,1-3H3/b10-7-,11-8-,18-15-,19-16-,20-17-,27-24-,28-25-,31-30-,36-26-,46-43-. The molecule has 1 atom stereocenters. The zero-order valence-electron chi connectivity index (χ0n) is 45.2. The van der Waals surface area contributed by atoms with Crippen LogP contribution in [-0.2, 0) is 28.6 Å². The predicted octanol–water partition coefficient (Wildman–Crippen LogP) is 19.3. The second kappa shape index (κ2) is 57.4. The molecule has 0 heterocycles. The van der Waals surface area contributed by atoms with E-state index in [1.54, 1.807) is 0 Å². The number of ether oxygens (including phenoxy) is 3. The third kappa shape index (κ3) is 54.7. The highest BCUT2D eigenvalue weighted by molar-refractivity contribution is 5.71. The van der Waals surface area contributed by atoms with Crippen molar-refractivity contribution in [1.82, 2.24) is 0 Å². The maximum absolute atomic E-state index is 12.8. The minimum Gasteiger partial charge on any atom is -0.462 e. The number of carbonyl (C=O) groups excluding carboxylic acids is 3. The normalized spacial score (nSPS) is 13.0. The first kappa shape index (κ1) is 65.8. The lowest BCUT2D eigenvalue weighted by molar-refractivity contribution is -0.167. The van der Waals surface area contributed by atoms with Gasteiger partial charge in [0, 0.05) is 19.3 Å². The molecule has 0 aliphatic carbocycles. The Morgan fingerprint density at radius 3 is 0.900 bits per heavy atom. The van der Waals surface area contributed by atoms with Crippen molar-refractivity contribution in [3.8, 4) is 0 Å². The highest BCUT2D eigenvalue weighted by Crippen LogP contribution is 2.14. The maximum Gasteiger partial charge on any atom is 0.306 e. The largest absolute Gasteiger partial charge is 0.462 e. The molecular weight excluding hydrogens is 865 g/mol. The number of esters is 3. The van der Waals surface area contributed by atoms with Crippen LogP contribution in [0.25, 0.3) is 0 Å². The van der Waals surface area contributed by atoms with Gasteiger partial charge in [-0.25, -0.2) is 0 Å². The topological polar surface area (TPSA) is 78.9 Å². The van der Waals surface area contributed by atoms with Crippen LogP contribution in [0.4, 0.5) is 0 Å². The monoisotopic (exact) mass is 969 g/mol. The molecule has 6 nitrogen and oxygen atoms in total. The Kier molecular flexibility index (Phi) is 54.0. The third-order valence-electron chi connectivity index (χ3n) is 11.7. The third-order valence-corrected chi connectivity index (χ3v) is 11.7. The van der Waals surface area contributed by atoms with Gasteiger partial charge in [0.05, 0.1) is 0 Å². The lowest BCUT2D eigenvalue weighted by Gasteiger charge is -2.18. The van der Waals surface area contributed by atoms with E-state index in [0.29, 0.717) is 19.3 Å². The maximum atomic E-state index is 12.8. The minimum absolute atomic E-state index is 0.104. The summed E-state index contributed by atoms with van der Waals surface area (Å²) in [5, 5.41) is 0. The molecule has 0 aliphatic heterocycles. The van der Waals surface area contributed by atoms with Gasteiger partial charge in [0.15, 0.2) is 6.10 Å². The Hall–Kier alpha value is -4.19. The summed E-state index contributed by atoms with van der Waals surface area (Å²) in [6, 6.07) is 0. The Balaban J connectivity index is 4.42. The van der Waals surface area contributed by atoms with Gasteiger partial charge in [-0.15, -0.1) is 0 Å². The molecule has 0 spiro atoms.